The molecule has 1 aliphatic heterocycles. The number of halogens is 1. The number of hydrogen-bond donors (Lipinski definition) is 2. The summed E-state index contributed by atoms with van der Waals surface area (Å²) in [5, 5.41) is 3.95. The first-order chi connectivity index (χ1) is 11.6. The molecule has 132 valence electrons. The number of rotatable bonds is 4. The third-order valence-corrected chi connectivity index (χ3v) is 5.81. The molecule has 0 aromatic heterocycles. The molecule has 24 heavy (non-hydrogen) atoms. The zero-order valence-corrected chi connectivity index (χ0v) is 14.9. The van der Waals surface area contributed by atoms with Crippen molar-refractivity contribution in [1.29, 1.82) is 0 Å². The smallest absolute Gasteiger partial charge is 0.223 e. The number of carbonyl (C=O) groups excluding carboxylic acids is 1. The molecule has 1 heterocycles. The first kappa shape index (κ1) is 17.7. The first-order valence-electron chi connectivity index (χ1n) is 8.96. The molecule has 0 bridgehead atoms. The van der Waals surface area contributed by atoms with Crippen LogP contribution in [0.3, 0.4) is 0 Å². The van der Waals surface area contributed by atoms with Crippen LogP contribution >= 0.6 is 11.6 Å². The Morgan fingerprint density at radius 1 is 1.33 bits per heavy atom. The zero-order valence-electron chi connectivity index (χ0n) is 14.1. The quantitative estimate of drug-likeness (QED) is 0.877. The van der Waals surface area contributed by atoms with Crippen LogP contribution in [0.2, 0.25) is 5.02 Å². The third-order valence-electron chi connectivity index (χ3n) is 5.57. The van der Waals surface area contributed by atoms with Gasteiger partial charge in [-0.15, -0.1) is 0 Å². The van der Waals surface area contributed by atoms with Crippen molar-refractivity contribution in [1.82, 2.24) is 5.32 Å². The highest BCUT2D eigenvalue weighted by atomic mass is 35.5. The molecule has 1 aliphatic carbocycles. The Labute approximate surface area is 149 Å². The average Bonchev–Trinajstić information content (AvgIpc) is 2.60. The molecule has 3 rings (SSSR count). The fraction of sp³-hybridized carbons (Fsp3) is 0.632. The van der Waals surface area contributed by atoms with E-state index >= 15 is 0 Å². The number of hydrogen-bond acceptors (Lipinski definition) is 3. The van der Waals surface area contributed by atoms with E-state index in [0.29, 0.717) is 6.54 Å². The molecule has 4 nitrogen and oxygen atoms in total. The number of amides is 1. The highest BCUT2D eigenvalue weighted by molar-refractivity contribution is 6.30. The largest absolute Gasteiger partial charge is 0.381 e. The second-order valence-electron chi connectivity index (χ2n) is 7.24. The van der Waals surface area contributed by atoms with Gasteiger partial charge in [-0.1, -0.05) is 30.2 Å². The molecule has 1 aromatic rings. The van der Waals surface area contributed by atoms with Crippen molar-refractivity contribution in [3.8, 4) is 0 Å². The summed E-state index contributed by atoms with van der Waals surface area (Å²) in [6.07, 6.45) is 5.64. The van der Waals surface area contributed by atoms with Gasteiger partial charge >= 0.3 is 0 Å². The molecular formula is C19H27ClN2O2. The fourth-order valence-electron chi connectivity index (χ4n) is 4.01. The Hall–Kier alpha value is -1.10. The molecule has 2 unspecified atom stereocenters. The maximum Gasteiger partial charge on any atom is 0.223 e. The van der Waals surface area contributed by atoms with Crippen molar-refractivity contribution in [3.63, 3.8) is 0 Å². The van der Waals surface area contributed by atoms with Crippen molar-refractivity contribution in [2.24, 2.45) is 11.7 Å². The topological polar surface area (TPSA) is 64.4 Å². The summed E-state index contributed by atoms with van der Waals surface area (Å²) < 4.78 is 5.55. The lowest BCUT2D eigenvalue weighted by Gasteiger charge is -2.38. The Morgan fingerprint density at radius 2 is 2.12 bits per heavy atom. The molecule has 0 radical (unpaired) electrons. The Morgan fingerprint density at radius 3 is 2.83 bits per heavy atom. The summed E-state index contributed by atoms with van der Waals surface area (Å²) in [5.41, 5.74) is 7.13. The molecule has 2 aliphatic rings. The van der Waals surface area contributed by atoms with Crippen molar-refractivity contribution in [3.05, 3.63) is 34.9 Å². The van der Waals surface area contributed by atoms with Crippen LogP contribution in [0.1, 0.15) is 44.1 Å². The summed E-state index contributed by atoms with van der Waals surface area (Å²) in [6.45, 7) is 2.08. The van der Waals surface area contributed by atoms with Crippen LogP contribution in [0.25, 0.3) is 0 Å². The first-order valence-corrected chi connectivity index (χ1v) is 9.34. The van der Waals surface area contributed by atoms with E-state index in [0.717, 1.165) is 56.8 Å². The summed E-state index contributed by atoms with van der Waals surface area (Å²) in [6, 6.07) is 8.17. The molecule has 2 atom stereocenters. The summed E-state index contributed by atoms with van der Waals surface area (Å²) in [5.74, 6) is 0.211. The number of nitrogens with one attached hydrogen (secondary N) is 1. The fourth-order valence-corrected chi connectivity index (χ4v) is 4.20. The van der Waals surface area contributed by atoms with Gasteiger partial charge < -0.3 is 15.8 Å². The monoisotopic (exact) mass is 350 g/mol. The van der Waals surface area contributed by atoms with Gasteiger partial charge in [0.15, 0.2) is 0 Å². The highest BCUT2D eigenvalue weighted by Crippen LogP contribution is 2.35. The SMILES string of the molecule is NC1CCCC(C(=O)NCC2(c3cccc(Cl)c3)CCOCC2)C1. The summed E-state index contributed by atoms with van der Waals surface area (Å²) in [7, 11) is 0. The van der Waals surface area contributed by atoms with Gasteiger partial charge in [0.25, 0.3) is 0 Å². The van der Waals surface area contributed by atoms with Crippen LogP contribution < -0.4 is 11.1 Å². The molecule has 0 spiro atoms. The van der Waals surface area contributed by atoms with Crippen LogP contribution in [-0.2, 0) is 14.9 Å². The van der Waals surface area contributed by atoms with Crippen molar-refractivity contribution >= 4 is 17.5 Å². The van der Waals surface area contributed by atoms with Crippen LogP contribution in [0, 0.1) is 5.92 Å². The number of ether oxygens (including phenoxy) is 1. The van der Waals surface area contributed by atoms with Gasteiger partial charge in [0.1, 0.15) is 0 Å². The van der Waals surface area contributed by atoms with E-state index in [1.165, 1.54) is 5.56 Å². The Kier molecular flexibility index (Phi) is 5.80. The molecule has 5 heteroatoms. The lowest BCUT2D eigenvalue weighted by molar-refractivity contribution is -0.126. The van der Waals surface area contributed by atoms with Gasteiger partial charge in [0.05, 0.1) is 0 Å². The Bertz CT molecular complexity index is 572. The van der Waals surface area contributed by atoms with E-state index in [1.807, 2.05) is 18.2 Å². The minimum Gasteiger partial charge on any atom is -0.381 e. The lowest BCUT2D eigenvalue weighted by atomic mass is 9.74. The van der Waals surface area contributed by atoms with Gasteiger partial charge in [0, 0.05) is 42.2 Å². The van der Waals surface area contributed by atoms with E-state index in [9.17, 15) is 4.79 Å². The number of benzene rings is 1. The van der Waals surface area contributed by atoms with Crippen LogP contribution in [0.4, 0.5) is 0 Å². The van der Waals surface area contributed by atoms with Crippen LogP contribution in [0.5, 0.6) is 0 Å². The van der Waals surface area contributed by atoms with Crippen molar-refractivity contribution < 1.29 is 9.53 Å². The second kappa shape index (κ2) is 7.85. The third kappa shape index (κ3) is 4.11. The summed E-state index contributed by atoms with van der Waals surface area (Å²) in [4.78, 5) is 12.6. The average molecular weight is 351 g/mol. The normalized spacial score (nSPS) is 26.8. The molecule has 2 fully saturated rings. The highest BCUT2D eigenvalue weighted by Gasteiger charge is 2.36. The van der Waals surface area contributed by atoms with Gasteiger partial charge in [0.2, 0.25) is 5.91 Å². The standard InChI is InChI=1S/C19H27ClN2O2/c20-16-5-2-4-15(12-16)19(7-9-24-10-8-19)13-22-18(23)14-3-1-6-17(21)11-14/h2,4-5,12,14,17H,1,3,6-11,13,21H2,(H,22,23). The van der Waals surface area contributed by atoms with Gasteiger partial charge in [-0.05, 0) is 49.8 Å². The van der Waals surface area contributed by atoms with Gasteiger partial charge in [-0.2, -0.15) is 0 Å². The maximum absolute atomic E-state index is 12.6. The van der Waals surface area contributed by atoms with Crippen molar-refractivity contribution in [2.75, 3.05) is 19.8 Å². The predicted octanol–water partition coefficient (Wildman–Crippen LogP) is 3.02. The van der Waals surface area contributed by atoms with E-state index < -0.39 is 0 Å². The van der Waals surface area contributed by atoms with E-state index in [4.69, 9.17) is 22.1 Å². The van der Waals surface area contributed by atoms with Gasteiger partial charge in [-0.25, -0.2) is 0 Å². The molecule has 1 saturated carbocycles. The minimum absolute atomic E-state index is 0.0602. The van der Waals surface area contributed by atoms with Crippen LogP contribution in [-0.4, -0.2) is 31.7 Å². The molecule has 1 aromatic carbocycles. The molecular weight excluding hydrogens is 324 g/mol. The predicted molar refractivity (Wildman–Crippen MR) is 96.1 cm³/mol. The minimum atomic E-state index is -0.0877. The maximum atomic E-state index is 12.6. The number of carbonyl (C=O) groups is 1. The van der Waals surface area contributed by atoms with Crippen LogP contribution in [0.15, 0.2) is 24.3 Å². The van der Waals surface area contributed by atoms with E-state index in [2.05, 4.69) is 11.4 Å². The second-order valence-corrected chi connectivity index (χ2v) is 7.68. The molecule has 3 N–H and O–H groups in total. The summed E-state index contributed by atoms with van der Waals surface area (Å²) >= 11 is 6.19. The van der Waals surface area contributed by atoms with E-state index in [1.54, 1.807) is 0 Å². The Balaban J connectivity index is 1.69. The van der Waals surface area contributed by atoms with E-state index in [-0.39, 0.29) is 23.3 Å². The molecule has 1 amide bonds. The lowest BCUT2D eigenvalue weighted by Crippen LogP contribution is -2.47. The van der Waals surface area contributed by atoms with Crippen molar-refractivity contribution in [2.45, 2.75) is 50.0 Å². The van der Waals surface area contributed by atoms with Gasteiger partial charge in [-0.3, -0.25) is 4.79 Å². The zero-order chi connectivity index (χ0) is 17.0. The number of nitrogens with two attached hydrogens (primary N) is 1. The molecule has 1 saturated heterocycles.